The van der Waals surface area contributed by atoms with Crippen LogP contribution < -0.4 is 20.9 Å². The van der Waals surface area contributed by atoms with Crippen molar-refractivity contribution in [3.63, 3.8) is 0 Å². The number of morpholine rings is 1. The smallest absolute Gasteiger partial charge is 0.327 e. The van der Waals surface area contributed by atoms with Gasteiger partial charge in [-0.15, -0.1) is 0 Å². The van der Waals surface area contributed by atoms with E-state index in [9.17, 15) is 9.59 Å². The van der Waals surface area contributed by atoms with Crippen molar-refractivity contribution in [1.29, 1.82) is 0 Å². The topological polar surface area (TPSA) is 141 Å². The number of benzene rings is 1. The first-order valence-corrected chi connectivity index (χ1v) is 14.1. The third-order valence-electron chi connectivity index (χ3n) is 6.83. The minimum atomic E-state index is -0.341. The Morgan fingerprint density at radius 1 is 1.15 bits per heavy atom. The summed E-state index contributed by atoms with van der Waals surface area (Å²) in [6, 6.07) is 7.80. The molecule has 12 heteroatoms. The van der Waals surface area contributed by atoms with Crippen molar-refractivity contribution in [2.45, 2.75) is 52.6 Å². The van der Waals surface area contributed by atoms with Gasteiger partial charge in [0.1, 0.15) is 11.3 Å². The standard InChI is InChI=1S/C28H41N7O5/c1-3-4-16-39-27-31-25(29)24-26(32-27)35(28(37)30-24)13-7-12-34(11-6-10-33-14-17-38-18-15-33)20-22-8-5-9-23(19-22)40-21(2)36/h5,8-9,19H,3-4,6-7,10-18,20H2,1-2H3,(H,30,37)(H2,29,31,32). The lowest BCUT2D eigenvalue weighted by molar-refractivity contribution is -0.131. The molecule has 2 aromatic heterocycles. The summed E-state index contributed by atoms with van der Waals surface area (Å²) in [5.41, 5.74) is 7.77. The number of anilines is 1. The number of aromatic nitrogens is 4. The molecule has 3 heterocycles. The monoisotopic (exact) mass is 555 g/mol. The zero-order chi connectivity index (χ0) is 28.3. The van der Waals surface area contributed by atoms with Crippen LogP contribution in [0.5, 0.6) is 11.8 Å². The van der Waals surface area contributed by atoms with Gasteiger partial charge in [0.15, 0.2) is 11.5 Å². The molecular formula is C28H41N7O5. The quantitative estimate of drug-likeness (QED) is 0.163. The fourth-order valence-corrected chi connectivity index (χ4v) is 4.81. The van der Waals surface area contributed by atoms with E-state index in [-0.39, 0.29) is 23.5 Å². The summed E-state index contributed by atoms with van der Waals surface area (Å²) in [7, 11) is 0. The molecule has 0 spiro atoms. The zero-order valence-corrected chi connectivity index (χ0v) is 23.6. The molecule has 1 aliphatic rings. The first-order valence-electron chi connectivity index (χ1n) is 14.1. The van der Waals surface area contributed by atoms with E-state index < -0.39 is 0 Å². The molecule has 0 aliphatic carbocycles. The lowest BCUT2D eigenvalue weighted by Gasteiger charge is -2.28. The molecule has 218 valence electrons. The number of carbonyl (C=O) groups is 1. The fourth-order valence-electron chi connectivity index (χ4n) is 4.81. The van der Waals surface area contributed by atoms with Gasteiger partial charge in [0, 0.05) is 39.6 Å². The molecule has 40 heavy (non-hydrogen) atoms. The summed E-state index contributed by atoms with van der Waals surface area (Å²) >= 11 is 0. The number of carbonyl (C=O) groups excluding carboxylic acids is 1. The van der Waals surface area contributed by atoms with Crippen LogP contribution in [0, 0.1) is 0 Å². The lowest BCUT2D eigenvalue weighted by atomic mass is 10.2. The number of fused-ring (bicyclic) bond motifs is 1. The third kappa shape index (κ3) is 8.51. The van der Waals surface area contributed by atoms with Gasteiger partial charge in [0.25, 0.3) is 0 Å². The average molecular weight is 556 g/mol. The van der Waals surface area contributed by atoms with Crippen molar-refractivity contribution in [3.8, 4) is 11.8 Å². The maximum Gasteiger partial charge on any atom is 0.327 e. The maximum atomic E-state index is 12.8. The van der Waals surface area contributed by atoms with Crippen molar-refractivity contribution >= 4 is 23.0 Å². The minimum Gasteiger partial charge on any atom is -0.463 e. The van der Waals surface area contributed by atoms with E-state index in [1.54, 1.807) is 10.6 Å². The van der Waals surface area contributed by atoms with E-state index in [1.807, 2.05) is 18.2 Å². The van der Waals surface area contributed by atoms with E-state index in [0.29, 0.717) is 36.6 Å². The lowest BCUT2D eigenvalue weighted by Crippen LogP contribution is -2.38. The van der Waals surface area contributed by atoms with Gasteiger partial charge in [-0.05, 0) is 50.0 Å². The summed E-state index contributed by atoms with van der Waals surface area (Å²) in [4.78, 5) is 40.5. The second-order valence-corrected chi connectivity index (χ2v) is 10.1. The van der Waals surface area contributed by atoms with Crippen LogP contribution in [0.15, 0.2) is 29.1 Å². The van der Waals surface area contributed by atoms with E-state index >= 15 is 0 Å². The number of aryl methyl sites for hydroxylation is 1. The Morgan fingerprint density at radius 2 is 1.93 bits per heavy atom. The molecule has 0 saturated carbocycles. The number of nitrogens with zero attached hydrogens (tertiary/aromatic N) is 5. The number of hydrogen-bond acceptors (Lipinski definition) is 10. The Balaban J connectivity index is 1.42. The highest BCUT2D eigenvalue weighted by Gasteiger charge is 2.16. The van der Waals surface area contributed by atoms with Crippen LogP contribution in [-0.4, -0.2) is 87.8 Å². The second kappa shape index (κ2) is 14.8. The predicted molar refractivity (Wildman–Crippen MR) is 152 cm³/mol. The van der Waals surface area contributed by atoms with E-state index in [0.717, 1.165) is 77.2 Å². The number of unbranched alkanes of at least 4 members (excludes halogenated alkanes) is 1. The molecule has 0 radical (unpaired) electrons. The summed E-state index contributed by atoms with van der Waals surface area (Å²) < 4.78 is 18.0. The van der Waals surface area contributed by atoms with Gasteiger partial charge < -0.3 is 24.9 Å². The zero-order valence-electron chi connectivity index (χ0n) is 23.6. The number of nitrogen functional groups attached to an aromatic ring is 1. The summed E-state index contributed by atoms with van der Waals surface area (Å²) in [6.07, 6.45) is 3.61. The van der Waals surface area contributed by atoms with Gasteiger partial charge in [-0.25, -0.2) is 4.79 Å². The molecule has 1 aromatic carbocycles. The first kappa shape index (κ1) is 29.5. The highest BCUT2D eigenvalue weighted by atomic mass is 16.5. The van der Waals surface area contributed by atoms with Crippen molar-refractivity contribution in [3.05, 3.63) is 40.3 Å². The van der Waals surface area contributed by atoms with Gasteiger partial charge in [-0.2, -0.15) is 9.97 Å². The van der Waals surface area contributed by atoms with Crippen molar-refractivity contribution in [1.82, 2.24) is 29.3 Å². The first-order chi connectivity index (χ1) is 19.4. The Kier molecular flexibility index (Phi) is 10.9. The van der Waals surface area contributed by atoms with E-state index in [1.165, 1.54) is 6.92 Å². The van der Waals surface area contributed by atoms with E-state index in [4.69, 9.17) is 19.9 Å². The fraction of sp³-hybridized carbons (Fsp3) is 0.571. The third-order valence-corrected chi connectivity index (χ3v) is 6.83. The van der Waals surface area contributed by atoms with Gasteiger partial charge in [0.05, 0.1) is 19.8 Å². The van der Waals surface area contributed by atoms with Crippen LogP contribution >= 0.6 is 0 Å². The molecule has 3 aromatic rings. The number of esters is 1. The Hall–Kier alpha value is -3.48. The number of aromatic amines is 1. The molecule has 0 atom stereocenters. The summed E-state index contributed by atoms with van der Waals surface area (Å²) in [5.74, 6) is 0.398. The highest BCUT2D eigenvalue weighted by molar-refractivity contribution is 5.81. The molecule has 0 bridgehead atoms. The Labute approximate surface area is 234 Å². The Bertz CT molecular complexity index is 1300. The number of H-pyrrole nitrogens is 1. The van der Waals surface area contributed by atoms with Gasteiger partial charge >= 0.3 is 17.7 Å². The molecule has 12 nitrogen and oxygen atoms in total. The molecule has 1 aliphatic heterocycles. The normalized spacial score (nSPS) is 14.2. The number of rotatable bonds is 15. The number of nitrogens with two attached hydrogens (primary N) is 1. The molecule has 4 rings (SSSR count). The van der Waals surface area contributed by atoms with Crippen LogP contribution in [0.25, 0.3) is 11.2 Å². The number of hydrogen-bond donors (Lipinski definition) is 2. The minimum absolute atomic E-state index is 0.184. The largest absolute Gasteiger partial charge is 0.463 e. The van der Waals surface area contributed by atoms with Gasteiger partial charge in [-0.1, -0.05) is 25.5 Å². The highest BCUT2D eigenvalue weighted by Crippen LogP contribution is 2.19. The predicted octanol–water partition coefficient (Wildman–Crippen LogP) is 2.42. The molecule has 1 saturated heterocycles. The van der Waals surface area contributed by atoms with Crippen LogP contribution in [0.1, 0.15) is 45.1 Å². The van der Waals surface area contributed by atoms with Crippen molar-refractivity contribution in [2.75, 3.05) is 58.3 Å². The summed E-state index contributed by atoms with van der Waals surface area (Å²) in [6.45, 7) is 11.3. The van der Waals surface area contributed by atoms with Crippen molar-refractivity contribution < 1.29 is 19.0 Å². The van der Waals surface area contributed by atoms with Crippen molar-refractivity contribution in [2.24, 2.45) is 0 Å². The van der Waals surface area contributed by atoms with Gasteiger partial charge in [-0.3, -0.25) is 19.2 Å². The maximum absolute atomic E-state index is 12.8. The average Bonchev–Trinajstić information content (AvgIpc) is 3.24. The van der Waals surface area contributed by atoms with Crippen LogP contribution in [-0.2, 0) is 22.6 Å². The second-order valence-electron chi connectivity index (χ2n) is 10.1. The molecular weight excluding hydrogens is 514 g/mol. The Morgan fingerprint density at radius 3 is 2.67 bits per heavy atom. The molecule has 0 unspecified atom stereocenters. The van der Waals surface area contributed by atoms with Crippen LogP contribution in [0.3, 0.4) is 0 Å². The molecule has 3 N–H and O–H groups in total. The number of imidazole rings is 1. The SMILES string of the molecule is CCCCOc1nc(N)c2[nH]c(=O)n(CCCN(CCCN3CCOCC3)Cc3cccc(OC(C)=O)c3)c2n1. The molecule has 0 amide bonds. The van der Waals surface area contributed by atoms with Crippen LogP contribution in [0.4, 0.5) is 5.82 Å². The molecule has 1 fully saturated rings. The van der Waals surface area contributed by atoms with E-state index in [2.05, 4.69) is 31.7 Å². The number of ether oxygens (including phenoxy) is 3. The summed E-state index contributed by atoms with van der Waals surface area (Å²) in [5, 5.41) is 0. The van der Waals surface area contributed by atoms with Gasteiger partial charge in [0.2, 0.25) is 0 Å². The van der Waals surface area contributed by atoms with Crippen LogP contribution in [0.2, 0.25) is 0 Å². The number of nitrogens with one attached hydrogen (secondary N) is 1.